The molecule has 1 aliphatic rings. The Bertz CT molecular complexity index is 182. The van der Waals surface area contributed by atoms with Crippen LogP contribution in [0.1, 0.15) is 19.3 Å². The first-order valence-corrected chi connectivity index (χ1v) is 3.90. The van der Waals surface area contributed by atoms with Gasteiger partial charge in [0.15, 0.2) is 0 Å². The van der Waals surface area contributed by atoms with Gasteiger partial charge in [-0.15, -0.1) is 0 Å². The number of rotatable bonds is 1. The quantitative estimate of drug-likeness (QED) is 0.591. The van der Waals surface area contributed by atoms with E-state index in [1.807, 2.05) is 0 Å². The maximum absolute atomic E-state index is 9.26. The lowest BCUT2D eigenvalue weighted by atomic mass is 9.88. The summed E-state index contributed by atoms with van der Waals surface area (Å²) >= 11 is 0. The number of allylic oxidation sites excluding steroid dienone is 1. The summed E-state index contributed by atoms with van der Waals surface area (Å²) in [6, 6.07) is 0. The summed E-state index contributed by atoms with van der Waals surface area (Å²) in [4.78, 5) is 0. The number of hydrogen-bond donors (Lipinski definition) is 2. The highest BCUT2D eigenvalue weighted by Gasteiger charge is 2.16. The second-order valence-corrected chi connectivity index (χ2v) is 2.91. The lowest BCUT2D eigenvalue weighted by molar-refractivity contribution is 0.158. The van der Waals surface area contributed by atoms with Crippen LogP contribution in [0.2, 0.25) is 0 Å². The van der Waals surface area contributed by atoms with Gasteiger partial charge in [0.1, 0.15) is 0 Å². The second kappa shape index (κ2) is 3.69. The van der Waals surface area contributed by atoms with Crippen molar-refractivity contribution in [3.8, 4) is 0 Å². The van der Waals surface area contributed by atoms with Crippen LogP contribution in [-0.4, -0.2) is 22.9 Å². The average Bonchev–Trinajstić information content (AvgIpc) is 1.98. The molecule has 2 N–H and O–H groups in total. The molecular formula is C9H14O2. The van der Waals surface area contributed by atoms with Crippen molar-refractivity contribution in [2.24, 2.45) is 0 Å². The van der Waals surface area contributed by atoms with Crippen LogP contribution in [0.4, 0.5) is 0 Å². The summed E-state index contributed by atoms with van der Waals surface area (Å²) in [7, 11) is 0. The van der Waals surface area contributed by atoms with Gasteiger partial charge in [-0.1, -0.05) is 18.2 Å². The predicted octanol–water partition coefficient (Wildman–Crippen LogP) is 1.01. The molecule has 1 atom stereocenters. The van der Waals surface area contributed by atoms with E-state index in [1.165, 1.54) is 0 Å². The topological polar surface area (TPSA) is 40.5 Å². The van der Waals surface area contributed by atoms with Crippen LogP contribution in [0, 0.1) is 0 Å². The maximum atomic E-state index is 9.26. The lowest BCUT2D eigenvalue weighted by Crippen LogP contribution is -2.14. The van der Waals surface area contributed by atoms with Crippen LogP contribution in [0.5, 0.6) is 0 Å². The molecule has 0 aromatic carbocycles. The minimum atomic E-state index is -0.238. The Morgan fingerprint density at radius 3 is 3.00 bits per heavy atom. The highest BCUT2D eigenvalue weighted by atomic mass is 16.3. The van der Waals surface area contributed by atoms with Crippen molar-refractivity contribution >= 4 is 0 Å². The molecule has 0 aromatic rings. The van der Waals surface area contributed by atoms with Gasteiger partial charge in [0, 0.05) is 0 Å². The van der Waals surface area contributed by atoms with Gasteiger partial charge >= 0.3 is 0 Å². The summed E-state index contributed by atoms with van der Waals surface area (Å²) in [5.41, 5.74) is 2.08. The van der Waals surface area contributed by atoms with Crippen molar-refractivity contribution in [1.82, 2.24) is 0 Å². The highest BCUT2D eigenvalue weighted by molar-refractivity contribution is 5.31. The van der Waals surface area contributed by atoms with Gasteiger partial charge in [0.05, 0.1) is 12.7 Å². The van der Waals surface area contributed by atoms with Crippen molar-refractivity contribution < 1.29 is 10.2 Å². The van der Waals surface area contributed by atoms with Gasteiger partial charge in [0.2, 0.25) is 0 Å². The minimum Gasteiger partial charge on any atom is -0.393 e. The predicted molar refractivity (Wildman–Crippen MR) is 44.2 cm³/mol. The fourth-order valence-electron chi connectivity index (χ4n) is 1.34. The van der Waals surface area contributed by atoms with Crippen LogP contribution in [0.25, 0.3) is 0 Å². The van der Waals surface area contributed by atoms with E-state index in [1.54, 1.807) is 6.08 Å². The van der Waals surface area contributed by atoms with Gasteiger partial charge in [-0.2, -0.15) is 0 Å². The van der Waals surface area contributed by atoms with Gasteiger partial charge in [0.25, 0.3) is 0 Å². The molecule has 2 nitrogen and oxygen atoms in total. The Morgan fingerprint density at radius 1 is 1.64 bits per heavy atom. The van der Waals surface area contributed by atoms with Crippen molar-refractivity contribution in [3.63, 3.8) is 0 Å². The van der Waals surface area contributed by atoms with E-state index in [0.717, 1.165) is 24.0 Å². The van der Waals surface area contributed by atoms with Crippen LogP contribution in [0.15, 0.2) is 23.8 Å². The second-order valence-electron chi connectivity index (χ2n) is 2.91. The highest BCUT2D eigenvalue weighted by Crippen LogP contribution is 2.27. The molecule has 0 saturated heterocycles. The molecule has 0 amide bonds. The molecule has 2 heteroatoms. The summed E-state index contributed by atoms with van der Waals surface area (Å²) in [5, 5.41) is 17.9. The van der Waals surface area contributed by atoms with Crippen molar-refractivity contribution in [3.05, 3.63) is 23.8 Å². The van der Waals surface area contributed by atoms with Gasteiger partial charge in [-0.05, 0) is 24.8 Å². The molecule has 1 saturated carbocycles. The molecule has 0 heterocycles. The largest absolute Gasteiger partial charge is 0.393 e. The Balaban J connectivity index is 2.61. The van der Waals surface area contributed by atoms with E-state index in [4.69, 9.17) is 5.11 Å². The number of hydrogen-bond acceptors (Lipinski definition) is 2. The van der Waals surface area contributed by atoms with Crippen LogP contribution >= 0.6 is 0 Å². The Hall–Kier alpha value is -0.600. The van der Waals surface area contributed by atoms with E-state index in [9.17, 15) is 5.11 Å². The summed E-state index contributed by atoms with van der Waals surface area (Å²) in [6.45, 7) is 3.90. The minimum absolute atomic E-state index is 0.0427. The zero-order chi connectivity index (χ0) is 8.27. The van der Waals surface area contributed by atoms with Gasteiger partial charge in [-0.25, -0.2) is 0 Å². The zero-order valence-corrected chi connectivity index (χ0v) is 6.58. The van der Waals surface area contributed by atoms with E-state index in [2.05, 4.69) is 6.58 Å². The van der Waals surface area contributed by atoms with E-state index < -0.39 is 0 Å². The summed E-state index contributed by atoms with van der Waals surface area (Å²) < 4.78 is 0. The normalized spacial score (nSPS) is 29.5. The monoisotopic (exact) mass is 154 g/mol. The standard InChI is InChI=1S/C9H14O2/c1-7-2-3-9(11)6-8(7)4-5-10/h4,9-11H,1-3,5-6H2/b8-4+/t9-/m0/s1. The Morgan fingerprint density at radius 2 is 2.36 bits per heavy atom. The SMILES string of the molecule is C=C1CC[C@H](O)C/C1=C\CO. The first-order valence-electron chi connectivity index (χ1n) is 3.90. The molecular weight excluding hydrogens is 140 g/mol. The molecule has 0 unspecified atom stereocenters. The first kappa shape index (κ1) is 8.50. The van der Waals surface area contributed by atoms with Gasteiger partial charge in [-0.3, -0.25) is 0 Å². The molecule has 0 radical (unpaired) electrons. The van der Waals surface area contributed by atoms with E-state index in [-0.39, 0.29) is 12.7 Å². The lowest BCUT2D eigenvalue weighted by Gasteiger charge is -2.21. The van der Waals surface area contributed by atoms with Crippen molar-refractivity contribution in [2.45, 2.75) is 25.4 Å². The van der Waals surface area contributed by atoms with E-state index in [0.29, 0.717) is 6.42 Å². The third kappa shape index (κ3) is 2.17. The van der Waals surface area contributed by atoms with Crippen LogP contribution in [-0.2, 0) is 0 Å². The summed E-state index contributed by atoms with van der Waals surface area (Å²) in [6.07, 6.45) is 3.80. The fourth-order valence-corrected chi connectivity index (χ4v) is 1.34. The molecule has 0 spiro atoms. The van der Waals surface area contributed by atoms with E-state index >= 15 is 0 Å². The molecule has 1 aliphatic carbocycles. The van der Waals surface area contributed by atoms with Gasteiger partial charge < -0.3 is 10.2 Å². The fraction of sp³-hybridized carbons (Fsp3) is 0.556. The molecule has 62 valence electrons. The Labute approximate surface area is 66.9 Å². The Kier molecular flexibility index (Phi) is 2.85. The van der Waals surface area contributed by atoms with Crippen LogP contribution in [0.3, 0.4) is 0 Å². The molecule has 0 bridgehead atoms. The molecule has 1 rings (SSSR count). The maximum Gasteiger partial charge on any atom is 0.0618 e. The third-order valence-corrected chi connectivity index (χ3v) is 2.03. The molecule has 1 fully saturated rings. The number of aliphatic hydroxyl groups excluding tert-OH is 2. The smallest absolute Gasteiger partial charge is 0.0618 e. The zero-order valence-electron chi connectivity index (χ0n) is 6.58. The van der Waals surface area contributed by atoms with Crippen molar-refractivity contribution in [1.29, 1.82) is 0 Å². The van der Waals surface area contributed by atoms with Crippen LogP contribution < -0.4 is 0 Å². The first-order chi connectivity index (χ1) is 5.24. The number of aliphatic hydroxyl groups is 2. The average molecular weight is 154 g/mol. The molecule has 0 aromatic heterocycles. The van der Waals surface area contributed by atoms with Crippen molar-refractivity contribution in [2.75, 3.05) is 6.61 Å². The molecule has 0 aliphatic heterocycles. The molecule has 11 heavy (non-hydrogen) atoms. The summed E-state index contributed by atoms with van der Waals surface area (Å²) in [5.74, 6) is 0. The third-order valence-electron chi connectivity index (χ3n) is 2.03.